The molecule has 1 aromatic heterocycles. The third-order valence-electron chi connectivity index (χ3n) is 5.57. The maximum atomic E-state index is 12.8. The summed E-state index contributed by atoms with van der Waals surface area (Å²) in [4.78, 5) is 26.8. The molecule has 0 spiro atoms. The smallest absolute Gasteiger partial charge is 0.241 e. The van der Waals surface area contributed by atoms with Crippen molar-refractivity contribution in [3.63, 3.8) is 0 Å². The zero-order valence-electron chi connectivity index (χ0n) is 14.0. The summed E-state index contributed by atoms with van der Waals surface area (Å²) in [5, 5.41) is 4.48. The number of anilines is 1. The van der Waals surface area contributed by atoms with Crippen LogP contribution in [0.4, 0.5) is 5.82 Å². The third-order valence-corrected chi connectivity index (χ3v) is 5.57. The Balaban J connectivity index is 1.40. The van der Waals surface area contributed by atoms with E-state index < -0.39 is 0 Å². The average molecular weight is 337 g/mol. The topological polar surface area (TPSA) is 64.4 Å². The van der Waals surface area contributed by atoms with Gasteiger partial charge in [-0.05, 0) is 25.3 Å². The van der Waals surface area contributed by atoms with Crippen molar-refractivity contribution in [3.05, 3.63) is 47.7 Å². The van der Waals surface area contributed by atoms with E-state index in [2.05, 4.69) is 24.2 Å². The second kappa shape index (κ2) is 5.26. The molecule has 1 aromatic carbocycles. The zero-order chi connectivity index (χ0) is 17.1. The summed E-state index contributed by atoms with van der Waals surface area (Å²) < 4.78 is 7.53. The highest BCUT2D eigenvalue weighted by molar-refractivity contribution is 6.22. The van der Waals surface area contributed by atoms with Gasteiger partial charge in [0.05, 0.1) is 30.6 Å². The lowest BCUT2D eigenvalue weighted by atomic mass is 9.81. The van der Waals surface area contributed by atoms with E-state index in [9.17, 15) is 9.59 Å². The van der Waals surface area contributed by atoms with Crippen LogP contribution in [0.25, 0.3) is 0 Å². The molecule has 6 nitrogen and oxygen atoms in total. The molecule has 128 valence electrons. The quantitative estimate of drug-likeness (QED) is 0.803. The Morgan fingerprint density at radius 3 is 2.52 bits per heavy atom. The van der Waals surface area contributed by atoms with E-state index in [0.717, 1.165) is 18.4 Å². The average Bonchev–Trinajstić information content (AvgIpc) is 3.33. The van der Waals surface area contributed by atoms with Crippen LogP contribution in [0, 0.1) is 18.8 Å². The number of aromatic nitrogens is 2. The summed E-state index contributed by atoms with van der Waals surface area (Å²) in [5.41, 5.74) is 2.33. The molecule has 3 fully saturated rings. The largest absolute Gasteiger partial charge is 0.373 e. The molecule has 6 heteroatoms. The second-order valence-electron chi connectivity index (χ2n) is 7.21. The number of benzene rings is 1. The summed E-state index contributed by atoms with van der Waals surface area (Å²) in [5.74, 6) is -0.496. The number of nitrogens with zero attached hydrogens (tertiary/aromatic N) is 3. The van der Waals surface area contributed by atoms with Crippen LogP contribution in [0.2, 0.25) is 0 Å². The highest BCUT2D eigenvalue weighted by atomic mass is 16.5. The van der Waals surface area contributed by atoms with Crippen LogP contribution in [0.3, 0.4) is 0 Å². The molecule has 0 unspecified atom stereocenters. The fraction of sp³-hybridized carbons (Fsp3) is 0.421. The number of ether oxygens (including phenoxy) is 1. The van der Waals surface area contributed by atoms with Gasteiger partial charge in [0.1, 0.15) is 0 Å². The molecule has 3 aliphatic heterocycles. The number of aryl methyl sites for hydroxylation is 1. The highest BCUT2D eigenvalue weighted by Crippen LogP contribution is 2.49. The highest BCUT2D eigenvalue weighted by Gasteiger charge is 2.63. The Morgan fingerprint density at radius 1 is 1.12 bits per heavy atom. The van der Waals surface area contributed by atoms with Gasteiger partial charge in [-0.15, -0.1) is 0 Å². The molecule has 4 heterocycles. The van der Waals surface area contributed by atoms with E-state index in [1.54, 1.807) is 10.7 Å². The van der Waals surface area contributed by atoms with Crippen LogP contribution in [0.1, 0.15) is 24.0 Å². The fourth-order valence-electron chi connectivity index (χ4n) is 4.49. The lowest BCUT2D eigenvalue weighted by Crippen LogP contribution is -2.34. The Hall–Kier alpha value is -2.47. The molecular formula is C19H19N3O3. The molecule has 3 aliphatic rings. The van der Waals surface area contributed by atoms with Crippen LogP contribution in [0.5, 0.6) is 0 Å². The number of rotatable bonds is 3. The lowest BCUT2D eigenvalue weighted by Gasteiger charge is -2.15. The summed E-state index contributed by atoms with van der Waals surface area (Å²) in [6.45, 7) is 2.66. The van der Waals surface area contributed by atoms with Gasteiger partial charge in [0.15, 0.2) is 5.82 Å². The monoisotopic (exact) mass is 337 g/mol. The van der Waals surface area contributed by atoms with E-state index >= 15 is 0 Å². The van der Waals surface area contributed by atoms with Crippen LogP contribution >= 0.6 is 0 Å². The molecule has 2 bridgehead atoms. The van der Waals surface area contributed by atoms with Gasteiger partial charge in [0.2, 0.25) is 11.8 Å². The molecule has 3 saturated heterocycles. The van der Waals surface area contributed by atoms with Crippen LogP contribution in [-0.4, -0.2) is 33.8 Å². The Kier molecular flexibility index (Phi) is 3.12. The van der Waals surface area contributed by atoms with Gasteiger partial charge in [-0.25, -0.2) is 4.90 Å². The van der Waals surface area contributed by atoms with Gasteiger partial charge in [0.25, 0.3) is 0 Å². The first kappa shape index (κ1) is 14.8. The van der Waals surface area contributed by atoms with E-state index in [-0.39, 0.29) is 35.9 Å². The van der Waals surface area contributed by atoms with E-state index in [4.69, 9.17) is 4.74 Å². The van der Waals surface area contributed by atoms with Crippen molar-refractivity contribution < 1.29 is 14.3 Å². The van der Waals surface area contributed by atoms with Crippen molar-refractivity contribution in [2.24, 2.45) is 11.8 Å². The maximum Gasteiger partial charge on any atom is 0.241 e. The van der Waals surface area contributed by atoms with Crippen molar-refractivity contribution in [2.45, 2.75) is 38.5 Å². The van der Waals surface area contributed by atoms with Gasteiger partial charge < -0.3 is 4.74 Å². The Labute approximate surface area is 145 Å². The summed E-state index contributed by atoms with van der Waals surface area (Å²) >= 11 is 0. The minimum absolute atomic E-state index is 0.0918. The second-order valence-corrected chi connectivity index (χ2v) is 7.21. The Morgan fingerprint density at radius 2 is 1.84 bits per heavy atom. The first-order chi connectivity index (χ1) is 12.1. The van der Waals surface area contributed by atoms with Crippen LogP contribution < -0.4 is 4.90 Å². The minimum atomic E-state index is -0.312. The van der Waals surface area contributed by atoms with Crippen LogP contribution in [-0.2, 0) is 20.9 Å². The lowest BCUT2D eigenvalue weighted by molar-refractivity contribution is -0.124. The van der Waals surface area contributed by atoms with E-state index in [1.807, 2.05) is 18.3 Å². The maximum absolute atomic E-state index is 12.8. The van der Waals surface area contributed by atoms with Crippen molar-refractivity contribution in [1.82, 2.24) is 9.78 Å². The molecule has 0 N–H and O–H groups in total. The molecule has 25 heavy (non-hydrogen) atoms. The molecule has 0 radical (unpaired) electrons. The first-order valence-corrected chi connectivity index (χ1v) is 8.74. The third kappa shape index (κ3) is 2.17. The normalized spacial score (nSPS) is 30.4. The SMILES string of the molecule is Cc1cccc(Cn2ccc(N3C(=O)[C@@H]4[C@@H](C3=O)[C@H]3CC[C@H]4O3)n2)c1. The van der Waals surface area contributed by atoms with Crippen molar-refractivity contribution >= 4 is 17.6 Å². The molecule has 5 rings (SSSR count). The molecule has 2 amide bonds. The van der Waals surface area contributed by atoms with E-state index in [0.29, 0.717) is 12.4 Å². The Bertz CT molecular complexity index is 846. The molecular weight excluding hydrogens is 318 g/mol. The first-order valence-electron chi connectivity index (χ1n) is 8.74. The summed E-state index contributed by atoms with van der Waals surface area (Å²) in [6.07, 6.45) is 3.38. The number of carbonyl (C=O) groups excluding carboxylic acids is 2. The van der Waals surface area contributed by atoms with Crippen molar-refractivity contribution in [3.8, 4) is 0 Å². The number of carbonyl (C=O) groups is 2. The minimum Gasteiger partial charge on any atom is -0.373 e. The summed E-state index contributed by atoms with van der Waals surface area (Å²) in [7, 11) is 0. The summed E-state index contributed by atoms with van der Waals surface area (Å²) in [6, 6.07) is 9.95. The number of fused-ring (bicyclic) bond motifs is 5. The number of amides is 2. The van der Waals surface area contributed by atoms with Crippen molar-refractivity contribution in [1.29, 1.82) is 0 Å². The van der Waals surface area contributed by atoms with E-state index in [1.165, 1.54) is 10.5 Å². The van der Waals surface area contributed by atoms with Gasteiger partial charge >= 0.3 is 0 Å². The van der Waals surface area contributed by atoms with Gasteiger partial charge in [-0.1, -0.05) is 29.8 Å². The van der Waals surface area contributed by atoms with Crippen molar-refractivity contribution in [2.75, 3.05) is 4.90 Å². The fourth-order valence-corrected chi connectivity index (χ4v) is 4.49. The molecule has 2 aromatic rings. The van der Waals surface area contributed by atoms with Gasteiger partial charge in [-0.2, -0.15) is 5.10 Å². The number of hydrogen-bond acceptors (Lipinski definition) is 4. The standard InChI is InChI=1S/C19H19N3O3/c1-11-3-2-4-12(9-11)10-21-8-7-15(20-21)22-18(23)16-13-5-6-14(25-13)17(16)19(22)24/h2-4,7-9,13-14,16-17H,5-6,10H2,1H3/t13-,14-,16+,17+/m1/s1. The number of hydrogen-bond donors (Lipinski definition) is 0. The predicted octanol–water partition coefficient (Wildman–Crippen LogP) is 1.91. The van der Waals surface area contributed by atoms with Crippen LogP contribution in [0.15, 0.2) is 36.5 Å². The molecule has 0 aliphatic carbocycles. The molecule has 0 saturated carbocycles. The zero-order valence-corrected chi connectivity index (χ0v) is 14.0. The van der Waals surface area contributed by atoms with Gasteiger partial charge in [0, 0.05) is 12.3 Å². The number of imide groups is 1. The van der Waals surface area contributed by atoms with Gasteiger partial charge in [-0.3, -0.25) is 14.3 Å². The predicted molar refractivity (Wildman–Crippen MR) is 89.9 cm³/mol. The molecule has 4 atom stereocenters.